The van der Waals surface area contributed by atoms with Gasteiger partial charge in [-0.25, -0.2) is 0 Å². The summed E-state index contributed by atoms with van der Waals surface area (Å²) in [7, 11) is 3.28. The Labute approximate surface area is 150 Å². The minimum absolute atomic E-state index is 0. The third kappa shape index (κ3) is 6.57. The molecule has 1 aromatic carbocycles. The van der Waals surface area contributed by atoms with E-state index in [2.05, 4.69) is 10.6 Å². The molecule has 2 rings (SSSR count). The molecule has 0 bridgehead atoms. The van der Waals surface area contributed by atoms with Gasteiger partial charge in [0.05, 0.1) is 14.2 Å². The van der Waals surface area contributed by atoms with Crippen molar-refractivity contribution in [1.82, 2.24) is 10.6 Å². The van der Waals surface area contributed by atoms with Crippen LogP contribution in [0.1, 0.15) is 31.2 Å². The van der Waals surface area contributed by atoms with E-state index in [0.717, 1.165) is 43.1 Å². The molecule has 1 heterocycles. The quantitative estimate of drug-likeness (QED) is 0.751. The number of ether oxygens (including phenoxy) is 2. The summed E-state index contributed by atoms with van der Waals surface area (Å²) in [6, 6.07) is 5.67. The fourth-order valence-corrected chi connectivity index (χ4v) is 3.00. The first-order valence-corrected chi connectivity index (χ1v) is 8.41. The second kappa shape index (κ2) is 11.2. The highest BCUT2D eigenvalue weighted by Gasteiger charge is 2.13. The van der Waals surface area contributed by atoms with Crippen molar-refractivity contribution in [3.8, 4) is 11.5 Å². The van der Waals surface area contributed by atoms with Gasteiger partial charge in [-0.05, 0) is 68.5 Å². The van der Waals surface area contributed by atoms with E-state index in [4.69, 9.17) is 9.47 Å². The van der Waals surface area contributed by atoms with E-state index in [1.807, 2.05) is 18.2 Å². The Hall–Kier alpha value is -1.46. The van der Waals surface area contributed by atoms with Crippen LogP contribution in [0.5, 0.6) is 11.5 Å². The number of halogens is 1. The fourth-order valence-electron chi connectivity index (χ4n) is 3.00. The van der Waals surface area contributed by atoms with Crippen molar-refractivity contribution < 1.29 is 14.3 Å². The van der Waals surface area contributed by atoms with Gasteiger partial charge >= 0.3 is 0 Å². The monoisotopic (exact) mass is 356 g/mol. The van der Waals surface area contributed by atoms with Crippen LogP contribution in [0.25, 0.3) is 0 Å². The van der Waals surface area contributed by atoms with E-state index in [0.29, 0.717) is 18.8 Å². The fraction of sp³-hybridized carbons (Fsp3) is 0.611. The lowest BCUT2D eigenvalue weighted by Gasteiger charge is -2.22. The van der Waals surface area contributed by atoms with Crippen LogP contribution in [0.15, 0.2) is 18.2 Å². The number of amides is 1. The number of aryl methyl sites for hydroxylation is 1. The Kier molecular flexibility index (Phi) is 9.57. The lowest BCUT2D eigenvalue weighted by Crippen LogP contribution is -2.33. The molecule has 24 heavy (non-hydrogen) atoms. The molecular formula is C18H29ClN2O3. The van der Waals surface area contributed by atoms with E-state index < -0.39 is 0 Å². The molecule has 1 unspecified atom stereocenters. The molecule has 6 heteroatoms. The molecule has 1 aromatic rings. The van der Waals surface area contributed by atoms with Gasteiger partial charge in [0.25, 0.3) is 0 Å². The minimum Gasteiger partial charge on any atom is -0.497 e. The summed E-state index contributed by atoms with van der Waals surface area (Å²) in [5, 5.41) is 6.43. The van der Waals surface area contributed by atoms with Gasteiger partial charge in [0.1, 0.15) is 11.5 Å². The largest absolute Gasteiger partial charge is 0.497 e. The Morgan fingerprint density at radius 2 is 2.17 bits per heavy atom. The number of carbonyl (C=O) groups is 1. The van der Waals surface area contributed by atoms with Gasteiger partial charge in [0.15, 0.2) is 0 Å². The summed E-state index contributed by atoms with van der Waals surface area (Å²) in [4.78, 5) is 12.0. The van der Waals surface area contributed by atoms with Gasteiger partial charge in [-0.1, -0.05) is 0 Å². The van der Waals surface area contributed by atoms with Crippen LogP contribution in [-0.4, -0.2) is 39.8 Å². The molecule has 5 nitrogen and oxygen atoms in total. The standard InChI is InChI=1S/C18H28N2O3.ClH/c1-22-16-6-7-17(23-2)15(12-16)5-8-18(21)20-11-9-14-4-3-10-19-13-14;/h6-7,12,14,19H,3-5,8-11,13H2,1-2H3,(H,20,21);1H. The van der Waals surface area contributed by atoms with Crippen LogP contribution in [0.4, 0.5) is 0 Å². The molecular weight excluding hydrogens is 328 g/mol. The van der Waals surface area contributed by atoms with Crippen molar-refractivity contribution in [2.75, 3.05) is 33.9 Å². The second-order valence-electron chi connectivity index (χ2n) is 6.03. The molecule has 1 aliphatic heterocycles. The van der Waals surface area contributed by atoms with Crippen LogP contribution in [0.2, 0.25) is 0 Å². The van der Waals surface area contributed by atoms with Gasteiger partial charge in [-0.3, -0.25) is 4.79 Å². The molecule has 136 valence electrons. The van der Waals surface area contributed by atoms with E-state index in [1.165, 1.54) is 12.8 Å². The number of rotatable bonds is 8. The van der Waals surface area contributed by atoms with Crippen LogP contribution < -0.4 is 20.1 Å². The summed E-state index contributed by atoms with van der Waals surface area (Å²) in [5.41, 5.74) is 0.999. The van der Waals surface area contributed by atoms with E-state index in [-0.39, 0.29) is 18.3 Å². The zero-order valence-corrected chi connectivity index (χ0v) is 15.4. The first kappa shape index (κ1) is 20.6. The Balaban J connectivity index is 0.00000288. The molecule has 0 spiro atoms. The molecule has 1 aliphatic rings. The molecule has 1 atom stereocenters. The van der Waals surface area contributed by atoms with Gasteiger partial charge < -0.3 is 20.1 Å². The summed E-state index contributed by atoms with van der Waals surface area (Å²) in [5.74, 6) is 2.37. The van der Waals surface area contributed by atoms with Crippen molar-refractivity contribution in [3.63, 3.8) is 0 Å². The number of carbonyl (C=O) groups excluding carboxylic acids is 1. The van der Waals surface area contributed by atoms with Gasteiger partial charge in [0.2, 0.25) is 5.91 Å². The van der Waals surface area contributed by atoms with E-state index in [1.54, 1.807) is 14.2 Å². The number of nitrogens with one attached hydrogen (secondary N) is 2. The van der Waals surface area contributed by atoms with Crippen LogP contribution >= 0.6 is 12.4 Å². The molecule has 1 fully saturated rings. The van der Waals surface area contributed by atoms with Crippen LogP contribution in [-0.2, 0) is 11.2 Å². The molecule has 0 aromatic heterocycles. The number of methoxy groups -OCH3 is 2. The molecule has 1 amide bonds. The Morgan fingerprint density at radius 1 is 1.33 bits per heavy atom. The average Bonchev–Trinajstić information content (AvgIpc) is 2.60. The predicted molar refractivity (Wildman–Crippen MR) is 98.3 cm³/mol. The van der Waals surface area contributed by atoms with Crippen molar-refractivity contribution in [2.24, 2.45) is 5.92 Å². The Bertz CT molecular complexity index is 505. The third-order valence-electron chi connectivity index (χ3n) is 4.38. The summed E-state index contributed by atoms with van der Waals surface area (Å²) in [6.45, 7) is 2.97. The molecule has 0 radical (unpaired) electrons. The van der Waals surface area contributed by atoms with Gasteiger partial charge in [-0.15, -0.1) is 12.4 Å². The number of hydrogen-bond donors (Lipinski definition) is 2. The maximum atomic E-state index is 12.0. The SMILES string of the molecule is COc1ccc(OC)c(CCC(=O)NCCC2CCCNC2)c1.Cl. The van der Waals surface area contributed by atoms with Crippen molar-refractivity contribution in [1.29, 1.82) is 0 Å². The molecule has 0 aliphatic carbocycles. The number of piperidine rings is 1. The minimum atomic E-state index is 0. The second-order valence-corrected chi connectivity index (χ2v) is 6.03. The number of hydrogen-bond acceptors (Lipinski definition) is 4. The maximum Gasteiger partial charge on any atom is 0.220 e. The molecule has 2 N–H and O–H groups in total. The smallest absolute Gasteiger partial charge is 0.220 e. The molecule has 1 saturated heterocycles. The van der Waals surface area contributed by atoms with Crippen molar-refractivity contribution >= 4 is 18.3 Å². The van der Waals surface area contributed by atoms with Crippen molar-refractivity contribution in [2.45, 2.75) is 32.1 Å². The Morgan fingerprint density at radius 3 is 2.83 bits per heavy atom. The van der Waals surface area contributed by atoms with Gasteiger partial charge in [0, 0.05) is 13.0 Å². The van der Waals surface area contributed by atoms with Gasteiger partial charge in [-0.2, -0.15) is 0 Å². The first-order valence-electron chi connectivity index (χ1n) is 8.41. The summed E-state index contributed by atoms with van der Waals surface area (Å²) in [6.07, 6.45) is 4.68. The third-order valence-corrected chi connectivity index (χ3v) is 4.38. The van der Waals surface area contributed by atoms with Crippen molar-refractivity contribution in [3.05, 3.63) is 23.8 Å². The number of benzene rings is 1. The predicted octanol–water partition coefficient (Wildman–Crippen LogP) is 2.56. The molecule has 0 saturated carbocycles. The first-order chi connectivity index (χ1) is 11.2. The highest BCUT2D eigenvalue weighted by Crippen LogP contribution is 2.25. The van der Waals surface area contributed by atoms with Crippen LogP contribution in [0.3, 0.4) is 0 Å². The average molecular weight is 357 g/mol. The van der Waals surface area contributed by atoms with Crippen LogP contribution in [0, 0.1) is 5.92 Å². The summed E-state index contributed by atoms with van der Waals surface area (Å²) < 4.78 is 10.6. The highest BCUT2D eigenvalue weighted by atomic mass is 35.5. The normalized spacial score (nSPS) is 16.8. The maximum absolute atomic E-state index is 12.0. The lowest BCUT2D eigenvalue weighted by molar-refractivity contribution is -0.121. The zero-order valence-electron chi connectivity index (χ0n) is 14.6. The van der Waals surface area contributed by atoms with E-state index >= 15 is 0 Å². The summed E-state index contributed by atoms with van der Waals surface area (Å²) >= 11 is 0. The van der Waals surface area contributed by atoms with E-state index in [9.17, 15) is 4.79 Å². The highest BCUT2D eigenvalue weighted by molar-refractivity contribution is 5.85. The topological polar surface area (TPSA) is 59.6 Å². The lowest BCUT2D eigenvalue weighted by atomic mass is 9.96. The zero-order chi connectivity index (χ0) is 16.5.